The van der Waals surface area contributed by atoms with Crippen LogP contribution >= 0.6 is 0 Å². The molecule has 0 aromatic heterocycles. The summed E-state index contributed by atoms with van der Waals surface area (Å²) in [6, 6.07) is 0. The first-order valence-corrected chi connectivity index (χ1v) is 3.63. The van der Waals surface area contributed by atoms with Crippen molar-refractivity contribution in [2.75, 3.05) is 5.73 Å². The van der Waals surface area contributed by atoms with Crippen LogP contribution in [-0.2, 0) is 7.05 Å². The zero-order chi connectivity index (χ0) is 9.42. The van der Waals surface area contributed by atoms with E-state index in [0.29, 0.717) is 5.82 Å². The number of nitrogens with zero attached hydrogens (tertiary/aromatic N) is 4. The highest BCUT2D eigenvalue weighted by atomic mass is 16.1. The Bertz CT molecular complexity index is 477. The van der Waals surface area contributed by atoms with Gasteiger partial charge in [-0.05, 0) is 0 Å². The molecular formula is C7H7N5O. The Morgan fingerprint density at radius 3 is 3.00 bits per heavy atom. The van der Waals surface area contributed by atoms with Crippen molar-refractivity contribution in [3.8, 4) is 11.5 Å². The first-order valence-electron chi connectivity index (χ1n) is 3.63. The summed E-state index contributed by atoms with van der Waals surface area (Å²) >= 11 is 0. The van der Waals surface area contributed by atoms with E-state index in [-0.39, 0.29) is 11.6 Å². The number of hydrogen-bond acceptors (Lipinski definition) is 5. The number of aromatic nitrogens is 4. The van der Waals surface area contributed by atoms with E-state index in [0.717, 1.165) is 0 Å². The molecule has 0 aromatic rings. The first kappa shape index (κ1) is 7.66. The van der Waals surface area contributed by atoms with Crippen LogP contribution in [0.5, 0.6) is 0 Å². The van der Waals surface area contributed by atoms with Gasteiger partial charge >= 0.3 is 5.56 Å². The summed E-state index contributed by atoms with van der Waals surface area (Å²) in [5.41, 5.74) is 5.12. The molecule has 2 aliphatic heterocycles. The summed E-state index contributed by atoms with van der Waals surface area (Å²) in [4.78, 5) is 22.5. The molecule has 0 spiro atoms. The SMILES string of the molecule is Cn1ccnc2c(=O)nc(N)nc1-2. The lowest BCUT2D eigenvalue weighted by Gasteiger charge is -2.06. The highest BCUT2D eigenvalue weighted by Crippen LogP contribution is 2.09. The van der Waals surface area contributed by atoms with Crippen molar-refractivity contribution < 1.29 is 0 Å². The van der Waals surface area contributed by atoms with Crippen LogP contribution in [0.2, 0.25) is 0 Å². The van der Waals surface area contributed by atoms with Gasteiger partial charge in [0.05, 0.1) is 0 Å². The second-order valence-electron chi connectivity index (χ2n) is 2.60. The topological polar surface area (TPSA) is 86.7 Å². The van der Waals surface area contributed by atoms with E-state index >= 15 is 0 Å². The maximum Gasteiger partial charge on any atom is 0.302 e. The van der Waals surface area contributed by atoms with Crippen molar-refractivity contribution in [3.63, 3.8) is 0 Å². The Hall–Kier alpha value is -1.98. The van der Waals surface area contributed by atoms with Gasteiger partial charge in [0.1, 0.15) is 0 Å². The maximum atomic E-state index is 11.2. The van der Waals surface area contributed by atoms with E-state index in [9.17, 15) is 4.79 Å². The van der Waals surface area contributed by atoms with Gasteiger partial charge in [0.15, 0.2) is 11.5 Å². The fourth-order valence-electron chi connectivity index (χ4n) is 1.08. The lowest BCUT2D eigenvalue weighted by atomic mass is 10.4. The van der Waals surface area contributed by atoms with E-state index in [2.05, 4.69) is 15.0 Å². The number of fused-ring (bicyclic) bond motifs is 1. The number of rotatable bonds is 0. The Balaban J connectivity index is 2.92. The lowest BCUT2D eigenvalue weighted by Crippen LogP contribution is -2.19. The molecule has 0 saturated heterocycles. The largest absolute Gasteiger partial charge is 0.368 e. The minimum atomic E-state index is -0.446. The molecule has 0 aliphatic carbocycles. The highest BCUT2D eigenvalue weighted by molar-refractivity contribution is 5.50. The molecule has 2 aliphatic rings. The van der Waals surface area contributed by atoms with Gasteiger partial charge in [-0.15, -0.1) is 0 Å². The van der Waals surface area contributed by atoms with Crippen LogP contribution < -0.4 is 11.3 Å². The number of anilines is 1. The second kappa shape index (κ2) is 2.51. The number of nitrogen functional groups attached to an aromatic ring is 1. The Morgan fingerprint density at radius 2 is 2.23 bits per heavy atom. The molecule has 0 bridgehead atoms. The van der Waals surface area contributed by atoms with Crippen LogP contribution in [0.4, 0.5) is 5.95 Å². The summed E-state index contributed by atoms with van der Waals surface area (Å²) in [5.74, 6) is 0.418. The molecule has 0 radical (unpaired) electrons. The lowest BCUT2D eigenvalue weighted by molar-refractivity contribution is 0.849. The van der Waals surface area contributed by atoms with Gasteiger partial charge in [-0.25, -0.2) is 4.98 Å². The van der Waals surface area contributed by atoms with Crippen molar-refractivity contribution in [2.45, 2.75) is 0 Å². The van der Waals surface area contributed by atoms with Crippen molar-refractivity contribution in [1.29, 1.82) is 0 Å². The van der Waals surface area contributed by atoms with Gasteiger partial charge in [-0.3, -0.25) is 4.79 Å². The number of nitrogens with two attached hydrogens (primary N) is 1. The van der Waals surface area contributed by atoms with Crippen LogP contribution in [0.15, 0.2) is 17.2 Å². The normalized spacial score (nSPS) is 10.5. The third-order valence-corrected chi connectivity index (χ3v) is 1.68. The highest BCUT2D eigenvalue weighted by Gasteiger charge is 2.12. The Kier molecular flexibility index (Phi) is 1.48. The molecule has 6 nitrogen and oxygen atoms in total. The number of hydrogen-bond donors (Lipinski definition) is 1. The summed E-state index contributed by atoms with van der Waals surface area (Å²) < 4.78 is 1.67. The Labute approximate surface area is 73.4 Å². The minimum Gasteiger partial charge on any atom is -0.368 e. The summed E-state index contributed by atoms with van der Waals surface area (Å²) in [7, 11) is 1.76. The molecule has 0 unspecified atom stereocenters. The maximum absolute atomic E-state index is 11.2. The van der Waals surface area contributed by atoms with Gasteiger partial charge in [0, 0.05) is 19.4 Å². The predicted octanol–water partition coefficient (Wildman–Crippen LogP) is -0.743. The summed E-state index contributed by atoms with van der Waals surface area (Å²) in [6.07, 6.45) is 3.21. The average Bonchev–Trinajstić information content (AvgIpc) is 2.07. The monoisotopic (exact) mass is 177 g/mol. The van der Waals surface area contributed by atoms with Gasteiger partial charge in [0.25, 0.3) is 0 Å². The molecule has 0 atom stereocenters. The van der Waals surface area contributed by atoms with E-state index in [1.807, 2.05) is 0 Å². The molecule has 2 N–H and O–H groups in total. The van der Waals surface area contributed by atoms with Crippen LogP contribution in [0.3, 0.4) is 0 Å². The van der Waals surface area contributed by atoms with E-state index in [1.54, 1.807) is 17.8 Å². The molecule has 0 fully saturated rings. The van der Waals surface area contributed by atoms with Gasteiger partial charge < -0.3 is 10.3 Å². The summed E-state index contributed by atoms with van der Waals surface area (Å²) in [6.45, 7) is 0. The molecule has 0 saturated carbocycles. The quantitative estimate of drug-likeness (QED) is 0.572. The standard InChI is InChI=1S/C7H7N5O/c1-12-3-2-9-4-5(12)10-7(8)11-6(4)13/h2-3H,1H3,(H2,8,11,13). The van der Waals surface area contributed by atoms with E-state index in [1.165, 1.54) is 6.20 Å². The first-order chi connectivity index (χ1) is 6.18. The third kappa shape index (κ3) is 1.12. The molecule has 0 amide bonds. The van der Waals surface area contributed by atoms with Crippen molar-refractivity contribution >= 4 is 5.95 Å². The van der Waals surface area contributed by atoms with Gasteiger partial charge in [0.2, 0.25) is 5.95 Å². The molecule has 6 heteroatoms. The molecule has 0 aromatic carbocycles. The number of aryl methyl sites for hydroxylation is 1. The van der Waals surface area contributed by atoms with Gasteiger partial charge in [-0.2, -0.15) is 9.97 Å². The molecule has 66 valence electrons. The average molecular weight is 177 g/mol. The molecule has 13 heavy (non-hydrogen) atoms. The molecular weight excluding hydrogens is 170 g/mol. The summed E-state index contributed by atoms with van der Waals surface area (Å²) in [5, 5.41) is 0. The fourth-order valence-corrected chi connectivity index (χ4v) is 1.08. The Morgan fingerprint density at radius 1 is 1.46 bits per heavy atom. The van der Waals surface area contributed by atoms with Gasteiger partial charge in [-0.1, -0.05) is 0 Å². The van der Waals surface area contributed by atoms with Crippen molar-refractivity contribution in [1.82, 2.24) is 19.5 Å². The van der Waals surface area contributed by atoms with E-state index < -0.39 is 5.56 Å². The van der Waals surface area contributed by atoms with E-state index in [4.69, 9.17) is 5.73 Å². The van der Waals surface area contributed by atoms with Crippen molar-refractivity contribution in [2.24, 2.45) is 7.05 Å². The van der Waals surface area contributed by atoms with Crippen LogP contribution in [-0.4, -0.2) is 19.5 Å². The third-order valence-electron chi connectivity index (χ3n) is 1.68. The fraction of sp³-hybridized carbons (Fsp3) is 0.143. The molecule has 2 heterocycles. The molecule has 2 rings (SSSR count). The zero-order valence-corrected chi connectivity index (χ0v) is 6.93. The second-order valence-corrected chi connectivity index (χ2v) is 2.60. The zero-order valence-electron chi connectivity index (χ0n) is 6.93. The van der Waals surface area contributed by atoms with Crippen LogP contribution in [0.1, 0.15) is 0 Å². The van der Waals surface area contributed by atoms with Crippen LogP contribution in [0, 0.1) is 0 Å². The predicted molar refractivity (Wildman–Crippen MR) is 46.1 cm³/mol. The minimum absolute atomic E-state index is 0.0268. The van der Waals surface area contributed by atoms with Crippen molar-refractivity contribution in [3.05, 3.63) is 22.7 Å². The van der Waals surface area contributed by atoms with Crippen LogP contribution in [0.25, 0.3) is 11.5 Å². The smallest absolute Gasteiger partial charge is 0.302 e.